The van der Waals surface area contributed by atoms with E-state index in [4.69, 9.17) is 0 Å². The van der Waals surface area contributed by atoms with E-state index in [1.807, 2.05) is 0 Å². The first-order valence-corrected chi connectivity index (χ1v) is 7.03. The molecule has 1 heteroatoms. The summed E-state index contributed by atoms with van der Waals surface area (Å²) in [5, 5.41) is 3.75. The molecule has 0 aromatic heterocycles. The van der Waals surface area contributed by atoms with Crippen LogP contribution in [0.25, 0.3) is 0 Å². The molecular weight excluding hydrogens is 182 g/mol. The molecule has 0 aromatic rings. The fourth-order valence-electron chi connectivity index (χ4n) is 3.00. The van der Waals surface area contributed by atoms with Gasteiger partial charge in [0.05, 0.1) is 0 Å². The second-order valence-electron chi connectivity index (χ2n) is 5.25. The van der Waals surface area contributed by atoms with Gasteiger partial charge in [-0.1, -0.05) is 52.9 Å². The van der Waals surface area contributed by atoms with Gasteiger partial charge in [-0.15, -0.1) is 0 Å². The van der Waals surface area contributed by atoms with Crippen LogP contribution in [0.5, 0.6) is 0 Å². The van der Waals surface area contributed by atoms with Gasteiger partial charge in [0.1, 0.15) is 0 Å². The second-order valence-corrected chi connectivity index (χ2v) is 5.25. The third-order valence-corrected chi connectivity index (χ3v) is 4.03. The average Bonchev–Trinajstić information content (AvgIpc) is 2.76. The fraction of sp³-hybridized carbons (Fsp3) is 1.00. The molecule has 0 aliphatic heterocycles. The lowest BCUT2D eigenvalue weighted by molar-refractivity contribution is 0.258. The Morgan fingerprint density at radius 2 is 1.80 bits per heavy atom. The standard InChI is InChI=1S/C14H29N/c1-4-8-14(15-11-5-2)12(3)13-9-6-7-10-13/h12-15H,4-11H2,1-3H3. The Kier molecular flexibility index (Phi) is 6.31. The lowest BCUT2D eigenvalue weighted by Crippen LogP contribution is -2.38. The average molecular weight is 211 g/mol. The second kappa shape index (κ2) is 7.27. The van der Waals surface area contributed by atoms with Gasteiger partial charge in [0.15, 0.2) is 0 Å². The van der Waals surface area contributed by atoms with E-state index in [-0.39, 0.29) is 0 Å². The Bertz CT molecular complexity index is 149. The highest BCUT2D eigenvalue weighted by Crippen LogP contribution is 2.33. The van der Waals surface area contributed by atoms with Crippen LogP contribution in [0.1, 0.15) is 65.7 Å². The lowest BCUT2D eigenvalue weighted by Gasteiger charge is -2.29. The summed E-state index contributed by atoms with van der Waals surface area (Å²) < 4.78 is 0. The molecule has 1 aliphatic carbocycles. The Balaban J connectivity index is 2.37. The Hall–Kier alpha value is -0.0400. The molecule has 1 aliphatic rings. The summed E-state index contributed by atoms with van der Waals surface area (Å²) in [4.78, 5) is 0. The summed E-state index contributed by atoms with van der Waals surface area (Å²) in [6, 6.07) is 0.776. The van der Waals surface area contributed by atoms with Crippen LogP contribution in [0.2, 0.25) is 0 Å². The molecule has 0 radical (unpaired) electrons. The van der Waals surface area contributed by atoms with Crippen LogP contribution in [0.3, 0.4) is 0 Å². The molecular formula is C14H29N. The van der Waals surface area contributed by atoms with Gasteiger partial charge < -0.3 is 5.32 Å². The van der Waals surface area contributed by atoms with E-state index in [1.54, 1.807) is 0 Å². The summed E-state index contributed by atoms with van der Waals surface area (Å²) in [7, 11) is 0. The smallest absolute Gasteiger partial charge is 0.00952 e. The third kappa shape index (κ3) is 4.14. The number of hydrogen-bond acceptors (Lipinski definition) is 1. The van der Waals surface area contributed by atoms with Gasteiger partial charge in [-0.25, -0.2) is 0 Å². The number of rotatable bonds is 7. The molecule has 0 saturated heterocycles. The zero-order valence-electron chi connectivity index (χ0n) is 10.9. The van der Waals surface area contributed by atoms with E-state index in [0.717, 1.165) is 17.9 Å². The SMILES string of the molecule is CCCNC(CCC)C(C)C1CCCC1. The monoisotopic (exact) mass is 211 g/mol. The van der Waals surface area contributed by atoms with E-state index in [9.17, 15) is 0 Å². The van der Waals surface area contributed by atoms with Gasteiger partial charge in [0.2, 0.25) is 0 Å². The number of hydrogen-bond donors (Lipinski definition) is 1. The van der Waals surface area contributed by atoms with Crippen molar-refractivity contribution in [2.75, 3.05) is 6.54 Å². The van der Waals surface area contributed by atoms with Crippen molar-refractivity contribution in [1.29, 1.82) is 0 Å². The number of nitrogens with one attached hydrogen (secondary N) is 1. The molecule has 0 spiro atoms. The summed E-state index contributed by atoms with van der Waals surface area (Å²) in [6.07, 6.45) is 9.85. The Labute approximate surface area is 96.0 Å². The highest BCUT2D eigenvalue weighted by Gasteiger charge is 2.26. The van der Waals surface area contributed by atoms with Crippen molar-refractivity contribution in [2.45, 2.75) is 71.8 Å². The van der Waals surface area contributed by atoms with Crippen molar-refractivity contribution in [3.05, 3.63) is 0 Å². The summed E-state index contributed by atoms with van der Waals surface area (Å²) >= 11 is 0. The minimum atomic E-state index is 0.776. The summed E-state index contributed by atoms with van der Waals surface area (Å²) in [5.74, 6) is 1.89. The lowest BCUT2D eigenvalue weighted by atomic mass is 9.84. The molecule has 90 valence electrons. The van der Waals surface area contributed by atoms with Crippen molar-refractivity contribution in [1.82, 2.24) is 5.32 Å². The zero-order valence-corrected chi connectivity index (χ0v) is 10.9. The third-order valence-electron chi connectivity index (χ3n) is 4.03. The van der Waals surface area contributed by atoms with Crippen LogP contribution >= 0.6 is 0 Å². The van der Waals surface area contributed by atoms with E-state index in [1.165, 1.54) is 51.5 Å². The zero-order chi connectivity index (χ0) is 11.1. The van der Waals surface area contributed by atoms with Crippen LogP contribution in [-0.4, -0.2) is 12.6 Å². The molecule has 2 unspecified atom stereocenters. The molecule has 2 atom stereocenters. The summed E-state index contributed by atoms with van der Waals surface area (Å²) in [6.45, 7) is 8.24. The Morgan fingerprint density at radius 3 is 2.33 bits per heavy atom. The first-order valence-electron chi connectivity index (χ1n) is 7.03. The molecule has 1 nitrogen and oxygen atoms in total. The molecule has 0 heterocycles. The van der Waals surface area contributed by atoms with Crippen LogP contribution in [0.4, 0.5) is 0 Å². The molecule has 1 fully saturated rings. The van der Waals surface area contributed by atoms with Crippen LogP contribution in [0, 0.1) is 11.8 Å². The summed E-state index contributed by atoms with van der Waals surface area (Å²) in [5.41, 5.74) is 0. The van der Waals surface area contributed by atoms with E-state index in [0.29, 0.717) is 0 Å². The normalized spacial score (nSPS) is 21.8. The molecule has 1 N–H and O–H groups in total. The van der Waals surface area contributed by atoms with Crippen molar-refractivity contribution in [3.63, 3.8) is 0 Å². The van der Waals surface area contributed by atoms with Crippen LogP contribution < -0.4 is 5.32 Å². The minimum absolute atomic E-state index is 0.776. The molecule has 1 saturated carbocycles. The fourth-order valence-corrected chi connectivity index (χ4v) is 3.00. The van der Waals surface area contributed by atoms with Gasteiger partial charge in [-0.05, 0) is 31.2 Å². The molecule has 0 aromatic carbocycles. The van der Waals surface area contributed by atoms with Crippen molar-refractivity contribution < 1.29 is 0 Å². The largest absolute Gasteiger partial charge is 0.314 e. The predicted octanol–water partition coefficient (Wildman–Crippen LogP) is 3.98. The molecule has 0 bridgehead atoms. The van der Waals surface area contributed by atoms with Crippen molar-refractivity contribution in [2.24, 2.45) is 11.8 Å². The Morgan fingerprint density at radius 1 is 1.13 bits per heavy atom. The van der Waals surface area contributed by atoms with E-state index in [2.05, 4.69) is 26.1 Å². The minimum Gasteiger partial charge on any atom is -0.314 e. The molecule has 1 rings (SSSR count). The molecule has 0 amide bonds. The maximum atomic E-state index is 3.75. The van der Waals surface area contributed by atoms with Gasteiger partial charge in [0.25, 0.3) is 0 Å². The van der Waals surface area contributed by atoms with Crippen LogP contribution in [-0.2, 0) is 0 Å². The quantitative estimate of drug-likeness (QED) is 0.671. The maximum Gasteiger partial charge on any atom is 0.00952 e. The highest BCUT2D eigenvalue weighted by atomic mass is 14.9. The van der Waals surface area contributed by atoms with Crippen molar-refractivity contribution >= 4 is 0 Å². The molecule has 15 heavy (non-hydrogen) atoms. The van der Waals surface area contributed by atoms with Crippen molar-refractivity contribution in [3.8, 4) is 0 Å². The van der Waals surface area contributed by atoms with Gasteiger partial charge in [0, 0.05) is 6.04 Å². The van der Waals surface area contributed by atoms with E-state index >= 15 is 0 Å². The van der Waals surface area contributed by atoms with Gasteiger partial charge in [-0.2, -0.15) is 0 Å². The van der Waals surface area contributed by atoms with Gasteiger partial charge in [-0.3, -0.25) is 0 Å². The van der Waals surface area contributed by atoms with E-state index < -0.39 is 0 Å². The van der Waals surface area contributed by atoms with Gasteiger partial charge >= 0.3 is 0 Å². The predicted molar refractivity (Wildman–Crippen MR) is 68.1 cm³/mol. The topological polar surface area (TPSA) is 12.0 Å². The highest BCUT2D eigenvalue weighted by molar-refractivity contribution is 4.81. The first kappa shape index (κ1) is 13.0. The first-order chi connectivity index (χ1) is 7.29. The maximum absolute atomic E-state index is 3.75. The van der Waals surface area contributed by atoms with Crippen LogP contribution in [0.15, 0.2) is 0 Å².